The molecule has 1 aliphatic rings. The minimum atomic E-state index is -0.149. The number of hydrogen-bond donors (Lipinski definition) is 4. The van der Waals surface area contributed by atoms with Crippen molar-refractivity contribution in [2.24, 2.45) is 5.73 Å². The summed E-state index contributed by atoms with van der Waals surface area (Å²) >= 11 is 1.82. The Morgan fingerprint density at radius 3 is 2.68 bits per heavy atom. The van der Waals surface area contributed by atoms with Crippen molar-refractivity contribution in [2.75, 3.05) is 11.1 Å². The van der Waals surface area contributed by atoms with Crippen LogP contribution in [0.5, 0.6) is 11.5 Å². The number of anilines is 1. The smallest absolute Gasteiger partial charge is 0.190 e. The zero-order valence-corrected chi connectivity index (χ0v) is 20.4. The molecule has 0 bridgehead atoms. The van der Waals surface area contributed by atoms with Crippen molar-refractivity contribution in [3.05, 3.63) is 46.5 Å². The summed E-state index contributed by atoms with van der Waals surface area (Å²) in [6, 6.07) is 8.00. The molecule has 1 unspecified atom stereocenters. The maximum absolute atomic E-state index is 10.3. The van der Waals surface area contributed by atoms with Crippen LogP contribution in [0.3, 0.4) is 0 Å². The van der Waals surface area contributed by atoms with Crippen molar-refractivity contribution in [1.82, 2.24) is 0 Å². The largest absolute Gasteiger partial charge is 0.507 e. The average Bonchev–Trinajstić information content (AvgIpc) is 2.70. The molecule has 0 spiro atoms. The zero-order valence-electron chi connectivity index (χ0n) is 18.8. The van der Waals surface area contributed by atoms with E-state index in [1.807, 2.05) is 50.7 Å². The van der Waals surface area contributed by atoms with Crippen LogP contribution in [0.1, 0.15) is 54.9 Å². The van der Waals surface area contributed by atoms with Crippen LogP contribution in [-0.4, -0.2) is 22.4 Å². The van der Waals surface area contributed by atoms with E-state index in [0.717, 1.165) is 66.0 Å². The Morgan fingerprint density at radius 2 is 1.97 bits per heavy atom. The highest BCUT2D eigenvalue weighted by molar-refractivity contribution is 7.99. The molecule has 0 amide bonds. The molecule has 170 valence electrons. The van der Waals surface area contributed by atoms with E-state index < -0.39 is 0 Å². The summed E-state index contributed by atoms with van der Waals surface area (Å²) < 4.78 is 6.53. The number of thioether (sulfide) groups is 1. The molecule has 0 aromatic heterocycles. The lowest BCUT2D eigenvalue weighted by molar-refractivity contribution is 0.0528. The number of benzene rings is 2. The number of phenolic OH excluding ortho intramolecular Hbond substituents is 1. The number of fused-ring (bicyclic) bond motifs is 1. The molecule has 1 atom stereocenters. The minimum Gasteiger partial charge on any atom is -0.507 e. The number of unbranched alkanes of at least 4 members (excludes halogenated alkanes) is 1. The molecule has 0 radical (unpaired) electrons. The molecule has 0 aliphatic carbocycles. The number of aromatic hydroxyl groups is 1. The molecule has 7 heteroatoms. The summed E-state index contributed by atoms with van der Waals surface area (Å²) in [5, 5.41) is 20.5. The maximum atomic E-state index is 10.3. The number of rotatable bonds is 7. The van der Waals surface area contributed by atoms with E-state index in [2.05, 4.69) is 18.3 Å². The van der Waals surface area contributed by atoms with Crippen LogP contribution >= 0.6 is 24.2 Å². The van der Waals surface area contributed by atoms with E-state index in [4.69, 9.17) is 15.9 Å². The maximum Gasteiger partial charge on any atom is 0.190 e. The normalized spacial score (nSPS) is 17.3. The van der Waals surface area contributed by atoms with Crippen LogP contribution in [0.15, 0.2) is 29.2 Å². The Hall–Kier alpha value is -2.05. The SMILES string of the molecule is Cc1c(C)c2c(c(C)c1O)CCC(C)(CCCCSc1cccc(NC(=N)N)c1)O2.Cl. The lowest BCUT2D eigenvalue weighted by atomic mass is 9.85. The van der Waals surface area contributed by atoms with Crippen LogP contribution in [-0.2, 0) is 6.42 Å². The number of guanidine groups is 1. The average molecular weight is 464 g/mol. The summed E-state index contributed by atoms with van der Waals surface area (Å²) in [6.07, 6.45) is 5.19. The van der Waals surface area contributed by atoms with Crippen LogP contribution in [0.2, 0.25) is 0 Å². The van der Waals surface area contributed by atoms with Crippen LogP contribution in [0.4, 0.5) is 5.69 Å². The summed E-state index contributed by atoms with van der Waals surface area (Å²) in [7, 11) is 0. The lowest BCUT2D eigenvalue weighted by Gasteiger charge is -2.38. The molecule has 2 aromatic rings. The zero-order chi connectivity index (χ0) is 21.9. The molecule has 5 N–H and O–H groups in total. The fourth-order valence-corrected chi connectivity index (χ4v) is 5.05. The second kappa shape index (κ2) is 10.5. The van der Waals surface area contributed by atoms with Gasteiger partial charge in [0.1, 0.15) is 17.1 Å². The van der Waals surface area contributed by atoms with E-state index in [-0.39, 0.29) is 24.0 Å². The molecule has 2 aromatic carbocycles. The Morgan fingerprint density at radius 1 is 1.23 bits per heavy atom. The molecule has 1 heterocycles. The van der Waals surface area contributed by atoms with Gasteiger partial charge in [-0.25, -0.2) is 0 Å². The molecule has 0 fully saturated rings. The third-order valence-corrected chi connectivity index (χ3v) is 7.15. The monoisotopic (exact) mass is 463 g/mol. The fraction of sp³-hybridized carbons (Fsp3) is 0.458. The van der Waals surface area contributed by atoms with Gasteiger partial charge in [-0.1, -0.05) is 6.07 Å². The summed E-state index contributed by atoms with van der Waals surface area (Å²) in [6.45, 7) is 8.22. The van der Waals surface area contributed by atoms with Gasteiger partial charge in [0.05, 0.1) is 0 Å². The number of nitrogens with one attached hydrogen (secondary N) is 2. The van der Waals surface area contributed by atoms with Gasteiger partial charge >= 0.3 is 0 Å². The fourth-order valence-electron chi connectivity index (χ4n) is 4.08. The third-order valence-electron chi connectivity index (χ3n) is 6.07. The molecule has 5 nitrogen and oxygen atoms in total. The second-order valence-corrected chi connectivity index (χ2v) is 9.62. The summed E-state index contributed by atoms with van der Waals surface area (Å²) in [5.74, 6) is 2.40. The molecule has 0 saturated carbocycles. The number of ether oxygens (including phenoxy) is 1. The van der Waals surface area contributed by atoms with Gasteiger partial charge in [0.15, 0.2) is 5.96 Å². The minimum absolute atomic E-state index is 0. The number of phenols is 1. The van der Waals surface area contributed by atoms with E-state index >= 15 is 0 Å². The van der Waals surface area contributed by atoms with Crippen LogP contribution in [0, 0.1) is 26.2 Å². The highest BCUT2D eigenvalue weighted by atomic mass is 35.5. The molecular weight excluding hydrogens is 430 g/mol. The van der Waals surface area contributed by atoms with Gasteiger partial charge in [0.25, 0.3) is 0 Å². The molecule has 1 aliphatic heterocycles. The Bertz CT molecular complexity index is 951. The van der Waals surface area contributed by atoms with Gasteiger partial charge in [-0.2, -0.15) is 0 Å². The highest BCUT2D eigenvalue weighted by Gasteiger charge is 2.34. The molecule has 31 heavy (non-hydrogen) atoms. The quantitative estimate of drug-likeness (QED) is 0.172. The molecular formula is C24H34ClN3O2S. The van der Waals surface area contributed by atoms with Crippen LogP contribution in [0.25, 0.3) is 0 Å². The lowest BCUT2D eigenvalue weighted by Crippen LogP contribution is -2.37. The standard InChI is InChI=1S/C24H33N3O2S.ClH/c1-15-16(2)22-20(17(3)21(15)28)10-12-24(4,29-22)11-5-6-13-30-19-9-7-8-18(14-19)27-23(25)26;/h7-9,14,28H,5-6,10-13H2,1-4H3,(H4,25,26,27);1H. The predicted molar refractivity (Wildman–Crippen MR) is 133 cm³/mol. The van der Waals surface area contributed by atoms with Crippen molar-refractivity contribution >= 4 is 35.8 Å². The van der Waals surface area contributed by atoms with Gasteiger partial charge in [-0.3, -0.25) is 5.41 Å². The predicted octanol–water partition coefficient (Wildman–Crippen LogP) is 6.09. The number of halogens is 1. The van der Waals surface area contributed by atoms with Crippen molar-refractivity contribution in [3.63, 3.8) is 0 Å². The second-order valence-electron chi connectivity index (χ2n) is 8.46. The van der Waals surface area contributed by atoms with E-state index in [1.165, 1.54) is 10.5 Å². The van der Waals surface area contributed by atoms with E-state index in [9.17, 15) is 5.11 Å². The number of hydrogen-bond acceptors (Lipinski definition) is 4. The van der Waals surface area contributed by atoms with Crippen LogP contribution < -0.4 is 15.8 Å². The first-order chi connectivity index (χ1) is 14.2. The Kier molecular flexibility index (Phi) is 8.55. The highest BCUT2D eigenvalue weighted by Crippen LogP contribution is 2.44. The van der Waals surface area contributed by atoms with Gasteiger partial charge in [0.2, 0.25) is 0 Å². The van der Waals surface area contributed by atoms with Crippen molar-refractivity contribution in [3.8, 4) is 11.5 Å². The van der Waals surface area contributed by atoms with Crippen molar-refractivity contribution in [2.45, 2.75) is 70.3 Å². The van der Waals surface area contributed by atoms with Gasteiger partial charge in [-0.15, -0.1) is 24.2 Å². The summed E-state index contributed by atoms with van der Waals surface area (Å²) in [5.41, 5.74) is 10.2. The van der Waals surface area contributed by atoms with E-state index in [0.29, 0.717) is 5.75 Å². The van der Waals surface area contributed by atoms with Gasteiger partial charge < -0.3 is 20.9 Å². The van der Waals surface area contributed by atoms with E-state index in [1.54, 1.807) is 0 Å². The molecule has 3 rings (SSSR count). The molecule has 0 saturated heterocycles. The first-order valence-corrected chi connectivity index (χ1v) is 11.5. The van der Waals surface area contributed by atoms with Crippen molar-refractivity contribution in [1.29, 1.82) is 5.41 Å². The third kappa shape index (κ3) is 6.01. The topological polar surface area (TPSA) is 91.4 Å². The first-order valence-electron chi connectivity index (χ1n) is 10.5. The van der Waals surface area contributed by atoms with Gasteiger partial charge in [-0.05, 0) is 100 Å². The summed E-state index contributed by atoms with van der Waals surface area (Å²) in [4.78, 5) is 1.18. The Balaban J connectivity index is 0.00000341. The number of nitrogens with two attached hydrogens (primary N) is 1. The van der Waals surface area contributed by atoms with Gasteiger partial charge in [0, 0.05) is 16.1 Å². The first kappa shape index (κ1) is 25.2. The van der Waals surface area contributed by atoms with Crippen molar-refractivity contribution < 1.29 is 9.84 Å². The Labute approximate surface area is 196 Å².